The number of rotatable bonds is 4. The minimum absolute atomic E-state index is 0.00775. The largest absolute Gasteiger partial charge is 0.372 e. The molecule has 0 bridgehead atoms. The summed E-state index contributed by atoms with van der Waals surface area (Å²) in [7, 11) is 1.47. The molecule has 1 aliphatic rings. The molecule has 1 saturated heterocycles. The number of benzene rings is 1. The van der Waals surface area contributed by atoms with Gasteiger partial charge in [-0.05, 0) is 45.4 Å². The number of likely N-dealkylation sites (tertiary alicyclic amines) is 1. The van der Waals surface area contributed by atoms with E-state index in [-0.39, 0.29) is 28.7 Å². The van der Waals surface area contributed by atoms with Crippen molar-refractivity contribution in [2.24, 2.45) is 0 Å². The molecule has 0 amide bonds. The average Bonchev–Trinajstić information content (AvgIpc) is 2.83. The van der Waals surface area contributed by atoms with Gasteiger partial charge in [0.05, 0.1) is 17.6 Å². The summed E-state index contributed by atoms with van der Waals surface area (Å²) in [5.74, 6) is -0.509. The molecule has 1 fully saturated rings. The van der Waals surface area contributed by atoms with Gasteiger partial charge >= 0.3 is 0 Å². The first-order valence-corrected chi connectivity index (χ1v) is 9.48. The molecule has 0 aromatic heterocycles. The van der Waals surface area contributed by atoms with Gasteiger partial charge in [-0.2, -0.15) is 0 Å². The van der Waals surface area contributed by atoms with E-state index in [1.807, 2.05) is 0 Å². The van der Waals surface area contributed by atoms with Crippen molar-refractivity contribution in [3.63, 3.8) is 0 Å². The van der Waals surface area contributed by atoms with Gasteiger partial charge in [-0.25, -0.2) is 12.8 Å². The third-order valence-corrected chi connectivity index (χ3v) is 5.28. The zero-order valence-corrected chi connectivity index (χ0v) is 14.5. The van der Waals surface area contributed by atoms with Crippen LogP contribution in [0.2, 0.25) is 0 Å². The topological polar surface area (TPSA) is 46.6 Å². The van der Waals surface area contributed by atoms with Crippen LogP contribution in [-0.4, -0.2) is 38.1 Å². The van der Waals surface area contributed by atoms with Crippen LogP contribution in [-0.2, 0) is 20.4 Å². The molecule has 0 spiro atoms. The van der Waals surface area contributed by atoms with Crippen molar-refractivity contribution in [3.05, 3.63) is 29.6 Å². The van der Waals surface area contributed by atoms with Gasteiger partial charge < -0.3 is 4.74 Å². The summed E-state index contributed by atoms with van der Waals surface area (Å²) < 4.78 is 42.2. The molecule has 2 rings (SSSR count). The monoisotopic (exact) mass is 349 g/mol. The Kier molecular flexibility index (Phi) is 5.16. The summed E-state index contributed by atoms with van der Waals surface area (Å²) in [5.41, 5.74) is 0.325. The molecule has 7 heteroatoms. The first kappa shape index (κ1) is 17.7. The second-order valence-electron chi connectivity index (χ2n) is 6.53. The van der Waals surface area contributed by atoms with Crippen molar-refractivity contribution in [1.82, 2.24) is 4.90 Å². The lowest BCUT2D eigenvalue weighted by atomic mass is 10.1. The fourth-order valence-electron chi connectivity index (χ4n) is 2.58. The molecule has 4 nitrogen and oxygen atoms in total. The van der Waals surface area contributed by atoms with Crippen LogP contribution < -0.4 is 0 Å². The Labute approximate surface area is 135 Å². The van der Waals surface area contributed by atoms with Gasteiger partial charge in [0, 0.05) is 34.9 Å². The van der Waals surface area contributed by atoms with Gasteiger partial charge in [0.2, 0.25) is 0 Å². The lowest BCUT2D eigenvalue weighted by molar-refractivity contribution is 0.0368. The summed E-state index contributed by atoms with van der Waals surface area (Å²) in [6.45, 7) is 8.15. The second-order valence-corrected chi connectivity index (χ2v) is 9.06. The van der Waals surface area contributed by atoms with Gasteiger partial charge in [-0.1, -0.05) is 0 Å². The van der Waals surface area contributed by atoms with E-state index in [1.54, 1.807) is 0 Å². The number of ether oxygens (including phenoxy) is 1. The van der Waals surface area contributed by atoms with Crippen LogP contribution in [0.4, 0.5) is 4.39 Å². The predicted molar refractivity (Wildman–Crippen MR) is 84.0 cm³/mol. The number of hydrogen-bond donors (Lipinski definition) is 0. The van der Waals surface area contributed by atoms with Crippen LogP contribution >= 0.6 is 10.7 Å². The highest BCUT2D eigenvalue weighted by Gasteiger charge is 2.30. The lowest BCUT2D eigenvalue weighted by Gasteiger charge is -2.31. The molecule has 0 N–H and O–H groups in total. The maximum absolute atomic E-state index is 13.4. The van der Waals surface area contributed by atoms with Crippen molar-refractivity contribution in [2.75, 3.05) is 13.1 Å². The molecular formula is C15H21ClFNO3S. The Bertz CT molecular complexity index is 643. The summed E-state index contributed by atoms with van der Waals surface area (Å²) in [5, 5.41) is 0. The van der Waals surface area contributed by atoms with E-state index in [0.717, 1.165) is 31.6 Å². The van der Waals surface area contributed by atoms with E-state index in [4.69, 9.17) is 15.4 Å². The van der Waals surface area contributed by atoms with Crippen LogP contribution in [0.5, 0.6) is 0 Å². The smallest absolute Gasteiger partial charge is 0.261 e. The summed E-state index contributed by atoms with van der Waals surface area (Å²) >= 11 is 0. The van der Waals surface area contributed by atoms with Crippen molar-refractivity contribution < 1.29 is 17.5 Å². The van der Waals surface area contributed by atoms with Gasteiger partial charge in [0.25, 0.3) is 9.05 Å². The molecule has 0 radical (unpaired) electrons. The van der Waals surface area contributed by atoms with Crippen molar-refractivity contribution in [2.45, 2.75) is 50.3 Å². The van der Waals surface area contributed by atoms with E-state index in [0.29, 0.717) is 0 Å². The minimum atomic E-state index is -3.91. The molecule has 0 saturated carbocycles. The average molecular weight is 350 g/mol. The molecule has 1 aliphatic heterocycles. The highest BCUT2D eigenvalue weighted by Crippen LogP contribution is 2.25. The molecule has 124 valence electrons. The normalized spacial score (nSPS) is 20.5. The highest BCUT2D eigenvalue weighted by molar-refractivity contribution is 8.13. The van der Waals surface area contributed by atoms with Gasteiger partial charge in [0.15, 0.2) is 0 Å². The Morgan fingerprint density at radius 2 is 2.09 bits per heavy atom. The molecule has 1 aromatic rings. The van der Waals surface area contributed by atoms with E-state index >= 15 is 0 Å². The molecule has 22 heavy (non-hydrogen) atoms. The standard InChI is InChI=1S/C15H21ClFNO3S/c1-15(2,3)18-7-6-13(9-18)21-10-11-8-12(17)4-5-14(11)22(16,19)20/h4-5,8,13H,6-7,9-10H2,1-3H3/t13-/m0/s1. The fourth-order valence-corrected chi connectivity index (χ4v) is 3.69. The van der Waals surface area contributed by atoms with E-state index in [2.05, 4.69) is 25.7 Å². The number of halogens is 2. The molecule has 1 atom stereocenters. The Morgan fingerprint density at radius 1 is 1.41 bits per heavy atom. The fraction of sp³-hybridized carbons (Fsp3) is 0.600. The van der Waals surface area contributed by atoms with Crippen LogP contribution in [0, 0.1) is 5.82 Å². The molecule has 1 aromatic carbocycles. The van der Waals surface area contributed by atoms with Gasteiger partial charge in [-0.15, -0.1) is 0 Å². The Morgan fingerprint density at radius 3 is 2.64 bits per heavy atom. The summed E-state index contributed by atoms with van der Waals surface area (Å²) in [6.07, 6.45) is 0.878. The van der Waals surface area contributed by atoms with Crippen LogP contribution in [0.3, 0.4) is 0 Å². The first-order valence-electron chi connectivity index (χ1n) is 7.17. The SMILES string of the molecule is CC(C)(C)N1CC[C@H](OCc2cc(F)ccc2S(=O)(=O)Cl)C1. The molecular weight excluding hydrogens is 329 g/mol. The Balaban J connectivity index is 2.05. The second kappa shape index (κ2) is 6.43. The number of hydrogen-bond acceptors (Lipinski definition) is 4. The van der Waals surface area contributed by atoms with E-state index < -0.39 is 14.9 Å². The zero-order valence-electron chi connectivity index (χ0n) is 13.0. The number of nitrogens with zero attached hydrogens (tertiary/aromatic N) is 1. The highest BCUT2D eigenvalue weighted by atomic mass is 35.7. The predicted octanol–water partition coefficient (Wildman–Crippen LogP) is 3.14. The third-order valence-electron chi connectivity index (χ3n) is 3.85. The molecule has 0 aliphatic carbocycles. The van der Waals surface area contributed by atoms with Crippen molar-refractivity contribution >= 4 is 19.7 Å². The third kappa shape index (κ3) is 4.41. The van der Waals surface area contributed by atoms with Crippen LogP contribution in [0.1, 0.15) is 32.8 Å². The van der Waals surface area contributed by atoms with E-state index in [1.165, 1.54) is 6.07 Å². The zero-order chi connectivity index (χ0) is 16.5. The summed E-state index contributed by atoms with van der Waals surface area (Å²) in [6, 6.07) is 3.41. The maximum Gasteiger partial charge on any atom is 0.261 e. The molecule has 0 unspecified atom stereocenters. The minimum Gasteiger partial charge on any atom is -0.372 e. The quantitative estimate of drug-likeness (QED) is 0.783. The van der Waals surface area contributed by atoms with Crippen LogP contribution in [0.25, 0.3) is 0 Å². The van der Waals surface area contributed by atoms with E-state index in [9.17, 15) is 12.8 Å². The molecule has 1 heterocycles. The summed E-state index contributed by atoms with van der Waals surface area (Å²) in [4.78, 5) is 2.21. The maximum atomic E-state index is 13.4. The van der Waals surface area contributed by atoms with Gasteiger partial charge in [-0.3, -0.25) is 4.90 Å². The van der Waals surface area contributed by atoms with Gasteiger partial charge in [0.1, 0.15) is 5.82 Å². The van der Waals surface area contributed by atoms with Crippen molar-refractivity contribution in [1.29, 1.82) is 0 Å². The first-order chi connectivity index (χ1) is 10.1. The van der Waals surface area contributed by atoms with Crippen molar-refractivity contribution in [3.8, 4) is 0 Å². The van der Waals surface area contributed by atoms with Crippen LogP contribution in [0.15, 0.2) is 23.1 Å². The Hall–Kier alpha value is -0.690. The lowest BCUT2D eigenvalue weighted by Crippen LogP contribution is -2.40.